The summed E-state index contributed by atoms with van der Waals surface area (Å²) in [7, 11) is -0.0954. The number of nitrogens with one attached hydrogen (secondary N) is 2. The third-order valence-electron chi connectivity index (χ3n) is 5.85. The number of aliphatic imine (C=N–C) groups is 1. The van der Waals surface area contributed by atoms with Gasteiger partial charge in [0.05, 0.1) is 4.90 Å². The molecule has 1 aliphatic rings. The average molecular weight is 557 g/mol. The normalized spacial score (nSPS) is 15.5. The maximum absolute atomic E-state index is 12.6. The molecule has 0 atom stereocenters. The van der Waals surface area contributed by atoms with Crippen molar-refractivity contribution < 1.29 is 8.42 Å². The van der Waals surface area contributed by atoms with Crippen LogP contribution in [-0.4, -0.2) is 45.4 Å². The minimum absolute atomic E-state index is 0. The Kier molecular flexibility index (Phi) is 8.91. The first-order chi connectivity index (χ1) is 14.3. The summed E-state index contributed by atoms with van der Waals surface area (Å²) in [5.74, 6) is 0.744. The first kappa shape index (κ1) is 25.6. The van der Waals surface area contributed by atoms with Crippen LogP contribution < -0.4 is 10.6 Å². The van der Waals surface area contributed by atoms with Gasteiger partial charge in [-0.05, 0) is 49.9 Å². The van der Waals surface area contributed by atoms with Gasteiger partial charge in [0.25, 0.3) is 0 Å². The monoisotopic (exact) mass is 556 g/mol. The van der Waals surface area contributed by atoms with Gasteiger partial charge in [-0.2, -0.15) is 4.31 Å². The predicted octanol–water partition coefficient (Wildman–Crippen LogP) is 3.73. The maximum atomic E-state index is 12.6. The number of hydrogen-bond donors (Lipinski definition) is 2. The second kappa shape index (κ2) is 10.8. The Bertz CT molecular complexity index is 972. The van der Waals surface area contributed by atoms with Crippen molar-refractivity contribution in [1.82, 2.24) is 14.9 Å². The van der Waals surface area contributed by atoms with Crippen molar-refractivity contribution in [1.29, 1.82) is 0 Å². The van der Waals surface area contributed by atoms with Crippen molar-refractivity contribution in [2.45, 2.75) is 49.6 Å². The van der Waals surface area contributed by atoms with Crippen LogP contribution in [0, 0.1) is 0 Å². The van der Waals surface area contributed by atoms with Crippen LogP contribution in [0.4, 0.5) is 0 Å². The third-order valence-corrected chi connectivity index (χ3v) is 7.89. The Morgan fingerprint density at radius 2 is 1.68 bits per heavy atom. The van der Waals surface area contributed by atoms with Crippen LogP contribution in [0.15, 0.2) is 64.5 Å². The molecule has 0 aliphatic heterocycles. The van der Waals surface area contributed by atoms with Crippen molar-refractivity contribution in [2.75, 3.05) is 20.6 Å². The molecule has 0 radical (unpaired) electrons. The van der Waals surface area contributed by atoms with Crippen LogP contribution in [0.5, 0.6) is 0 Å². The molecule has 8 heteroatoms. The summed E-state index contributed by atoms with van der Waals surface area (Å²) in [5.41, 5.74) is 2.57. The van der Waals surface area contributed by atoms with Gasteiger partial charge in [0.2, 0.25) is 10.0 Å². The fourth-order valence-electron chi connectivity index (χ4n) is 3.39. The van der Waals surface area contributed by atoms with Crippen LogP contribution in [0.2, 0.25) is 0 Å². The fourth-order valence-corrected chi connectivity index (χ4v) is 4.76. The lowest BCUT2D eigenvalue weighted by Gasteiger charge is -2.21. The lowest BCUT2D eigenvalue weighted by Crippen LogP contribution is -2.40. The van der Waals surface area contributed by atoms with Crippen molar-refractivity contribution >= 4 is 40.0 Å². The lowest BCUT2D eigenvalue weighted by molar-refractivity contribution is 0.410. The molecule has 1 fully saturated rings. The van der Waals surface area contributed by atoms with E-state index in [2.05, 4.69) is 39.9 Å². The predicted molar refractivity (Wildman–Crippen MR) is 137 cm³/mol. The number of benzene rings is 2. The van der Waals surface area contributed by atoms with Gasteiger partial charge in [-0.25, -0.2) is 8.42 Å². The highest BCUT2D eigenvalue weighted by Crippen LogP contribution is 2.47. The van der Waals surface area contributed by atoms with E-state index in [-0.39, 0.29) is 35.4 Å². The van der Waals surface area contributed by atoms with E-state index in [4.69, 9.17) is 0 Å². The Morgan fingerprint density at radius 3 is 2.19 bits per heavy atom. The van der Waals surface area contributed by atoms with Gasteiger partial charge in [-0.15, -0.1) is 24.0 Å². The minimum Gasteiger partial charge on any atom is -0.356 e. The molecule has 31 heavy (non-hydrogen) atoms. The van der Waals surface area contributed by atoms with Crippen LogP contribution in [0.25, 0.3) is 0 Å². The van der Waals surface area contributed by atoms with E-state index in [0.29, 0.717) is 11.4 Å². The molecule has 170 valence electrons. The third kappa shape index (κ3) is 6.20. The molecule has 0 heterocycles. The molecule has 1 aliphatic carbocycles. The van der Waals surface area contributed by atoms with Gasteiger partial charge in [0.1, 0.15) is 0 Å². The van der Waals surface area contributed by atoms with Crippen LogP contribution in [0.1, 0.15) is 37.8 Å². The standard InChI is InChI=1S/C23H32N4O2S.HI/c1-18(2)27(4)30(28,29)21-12-10-19(11-13-21)16-25-22(24-3)26-17-23(14-15-23)20-8-6-5-7-9-20;/h5-13,18H,14-17H2,1-4H3,(H2,24,25,26);1H. The summed E-state index contributed by atoms with van der Waals surface area (Å²) in [6.45, 7) is 5.13. The minimum atomic E-state index is -3.46. The van der Waals surface area contributed by atoms with Crippen LogP contribution in [0.3, 0.4) is 0 Å². The topological polar surface area (TPSA) is 73.8 Å². The Hall–Kier alpha value is -1.65. The van der Waals surface area contributed by atoms with Gasteiger partial charge in [0, 0.05) is 38.6 Å². The van der Waals surface area contributed by atoms with E-state index < -0.39 is 10.0 Å². The smallest absolute Gasteiger partial charge is 0.243 e. The van der Waals surface area contributed by atoms with E-state index in [1.165, 1.54) is 22.7 Å². The molecule has 6 nitrogen and oxygen atoms in total. The van der Waals surface area contributed by atoms with Crippen molar-refractivity contribution in [3.8, 4) is 0 Å². The van der Waals surface area contributed by atoms with E-state index >= 15 is 0 Å². The van der Waals surface area contributed by atoms with Crippen molar-refractivity contribution in [3.05, 3.63) is 65.7 Å². The van der Waals surface area contributed by atoms with Gasteiger partial charge >= 0.3 is 0 Å². The largest absolute Gasteiger partial charge is 0.356 e. The molecule has 2 aromatic carbocycles. The number of nitrogens with zero attached hydrogens (tertiary/aromatic N) is 2. The molecule has 0 bridgehead atoms. The molecule has 0 saturated heterocycles. The van der Waals surface area contributed by atoms with Gasteiger partial charge in [-0.1, -0.05) is 42.5 Å². The van der Waals surface area contributed by atoms with E-state index in [1.807, 2.05) is 32.0 Å². The zero-order chi connectivity index (χ0) is 21.8. The van der Waals surface area contributed by atoms with Crippen LogP contribution >= 0.6 is 24.0 Å². The Morgan fingerprint density at radius 1 is 1.06 bits per heavy atom. The summed E-state index contributed by atoms with van der Waals surface area (Å²) in [6.07, 6.45) is 2.36. The van der Waals surface area contributed by atoms with E-state index in [0.717, 1.165) is 18.1 Å². The summed E-state index contributed by atoms with van der Waals surface area (Å²) in [4.78, 5) is 4.63. The zero-order valence-corrected chi connectivity index (χ0v) is 21.8. The van der Waals surface area contributed by atoms with Crippen molar-refractivity contribution in [3.63, 3.8) is 0 Å². The highest BCUT2D eigenvalue weighted by molar-refractivity contribution is 14.0. The van der Waals surface area contributed by atoms with Gasteiger partial charge < -0.3 is 10.6 Å². The molecule has 2 N–H and O–H groups in total. The number of hydrogen-bond acceptors (Lipinski definition) is 3. The highest BCUT2D eigenvalue weighted by Gasteiger charge is 2.43. The Labute approximate surface area is 203 Å². The number of rotatable bonds is 8. The highest BCUT2D eigenvalue weighted by atomic mass is 127. The lowest BCUT2D eigenvalue weighted by atomic mass is 9.96. The Balaban J connectivity index is 0.00000341. The average Bonchev–Trinajstić information content (AvgIpc) is 3.55. The van der Waals surface area contributed by atoms with Gasteiger partial charge in [0.15, 0.2) is 5.96 Å². The molecule has 2 aromatic rings. The van der Waals surface area contributed by atoms with Crippen LogP contribution in [-0.2, 0) is 22.0 Å². The molecule has 3 rings (SSSR count). The summed E-state index contributed by atoms with van der Waals surface area (Å²) in [6, 6.07) is 17.5. The molecular weight excluding hydrogens is 523 g/mol. The SMILES string of the molecule is CN=C(NCc1ccc(S(=O)(=O)N(C)C(C)C)cc1)NCC1(c2ccccc2)CC1.I. The molecule has 1 saturated carbocycles. The maximum Gasteiger partial charge on any atom is 0.243 e. The zero-order valence-electron chi connectivity index (χ0n) is 18.6. The summed E-state index contributed by atoms with van der Waals surface area (Å²) >= 11 is 0. The molecule has 0 aromatic heterocycles. The fraction of sp³-hybridized carbons (Fsp3) is 0.435. The molecule has 0 unspecified atom stereocenters. The number of guanidine groups is 1. The van der Waals surface area contributed by atoms with Gasteiger partial charge in [-0.3, -0.25) is 4.99 Å². The first-order valence-corrected chi connectivity index (χ1v) is 11.8. The molecular formula is C23H33IN4O2S. The quantitative estimate of drug-likeness (QED) is 0.295. The van der Waals surface area contributed by atoms with E-state index in [9.17, 15) is 8.42 Å². The second-order valence-electron chi connectivity index (χ2n) is 8.18. The van der Waals surface area contributed by atoms with E-state index in [1.54, 1.807) is 26.2 Å². The molecule has 0 spiro atoms. The molecule has 0 amide bonds. The summed E-state index contributed by atoms with van der Waals surface area (Å²) < 4.78 is 26.5. The summed E-state index contributed by atoms with van der Waals surface area (Å²) in [5, 5.41) is 6.76. The first-order valence-electron chi connectivity index (χ1n) is 10.4. The number of halogens is 1. The van der Waals surface area contributed by atoms with Crippen molar-refractivity contribution in [2.24, 2.45) is 4.99 Å². The number of sulfonamides is 1. The second-order valence-corrected chi connectivity index (χ2v) is 10.2.